The van der Waals surface area contributed by atoms with Crippen LogP contribution in [0.1, 0.15) is 6.42 Å². The van der Waals surface area contributed by atoms with Gasteiger partial charge in [-0.25, -0.2) is 9.88 Å². The molecule has 1 N–H and O–H groups in total. The van der Waals surface area contributed by atoms with Crippen LogP contribution in [0.4, 0.5) is 11.4 Å². The number of allylic oxidation sites excluding steroid dienone is 2. The highest BCUT2D eigenvalue weighted by molar-refractivity contribution is 8.01. The van der Waals surface area contributed by atoms with Crippen molar-refractivity contribution in [1.82, 2.24) is 4.98 Å². The summed E-state index contributed by atoms with van der Waals surface area (Å²) in [7, 11) is 1.56. The Morgan fingerprint density at radius 1 is 1.15 bits per heavy atom. The Morgan fingerprint density at radius 2 is 1.88 bits per heavy atom. The fourth-order valence-electron chi connectivity index (χ4n) is 5.31. The number of hydrogen-bond donors (Lipinski definition) is 1. The summed E-state index contributed by atoms with van der Waals surface area (Å²) < 4.78 is 6.90. The molecule has 2 bridgehead atoms. The summed E-state index contributed by atoms with van der Waals surface area (Å²) in [6, 6.07) is 12.7. The normalized spacial score (nSPS) is 24.8. The Balaban J connectivity index is 1.16. The van der Waals surface area contributed by atoms with Crippen LogP contribution in [0.15, 0.2) is 59.0 Å². The summed E-state index contributed by atoms with van der Waals surface area (Å²) in [5.74, 6) is 0.427. The molecule has 172 valence electrons. The number of para-hydroxylation sites is 2. The third-order valence-electron chi connectivity index (χ3n) is 6.79. The second-order valence-corrected chi connectivity index (χ2v) is 10.9. The summed E-state index contributed by atoms with van der Waals surface area (Å²) in [6.07, 6.45) is 5.11. The van der Waals surface area contributed by atoms with E-state index in [2.05, 4.69) is 22.5 Å². The van der Waals surface area contributed by atoms with Crippen molar-refractivity contribution in [3.8, 4) is 5.75 Å². The van der Waals surface area contributed by atoms with Gasteiger partial charge in [-0.05, 0) is 48.6 Å². The highest BCUT2D eigenvalue weighted by Gasteiger charge is 2.59. The minimum absolute atomic E-state index is 0.0849. The van der Waals surface area contributed by atoms with E-state index in [-0.39, 0.29) is 47.1 Å². The maximum absolute atomic E-state index is 13.1. The monoisotopic (exact) mass is 491 g/mol. The van der Waals surface area contributed by atoms with Gasteiger partial charge in [0.15, 0.2) is 4.34 Å². The van der Waals surface area contributed by atoms with Crippen molar-refractivity contribution in [1.29, 1.82) is 0 Å². The Morgan fingerprint density at radius 3 is 2.62 bits per heavy atom. The number of aromatic nitrogens is 1. The number of fused-ring (bicyclic) bond motifs is 6. The molecule has 2 aromatic carbocycles. The molecule has 3 amide bonds. The Bertz CT molecular complexity index is 1340. The van der Waals surface area contributed by atoms with Gasteiger partial charge in [0.25, 0.3) is 0 Å². The zero-order valence-corrected chi connectivity index (χ0v) is 19.9. The van der Waals surface area contributed by atoms with Gasteiger partial charge in [-0.15, -0.1) is 11.3 Å². The van der Waals surface area contributed by atoms with Crippen molar-refractivity contribution in [3.05, 3.63) is 54.6 Å². The largest absolute Gasteiger partial charge is 0.495 e. The fraction of sp³-hybridized carbons (Fsp3) is 0.280. The van der Waals surface area contributed by atoms with Crippen LogP contribution < -0.4 is 15.0 Å². The number of thioether (sulfide) groups is 1. The van der Waals surface area contributed by atoms with E-state index >= 15 is 0 Å². The van der Waals surface area contributed by atoms with Gasteiger partial charge < -0.3 is 10.1 Å². The maximum atomic E-state index is 13.1. The first kappa shape index (κ1) is 21.4. The van der Waals surface area contributed by atoms with E-state index in [0.29, 0.717) is 17.1 Å². The minimum Gasteiger partial charge on any atom is -0.495 e. The van der Waals surface area contributed by atoms with E-state index in [9.17, 15) is 14.4 Å². The lowest BCUT2D eigenvalue weighted by Crippen LogP contribution is -2.32. The lowest BCUT2D eigenvalue weighted by Gasteiger charge is -2.17. The number of rotatable bonds is 6. The summed E-state index contributed by atoms with van der Waals surface area (Å²) in [5, 5.41) is 2.86. The molecule has 0 unspecified atom stereocenters. The third kappa shape index (κ3) is 3.42. The lowest BCUT2D eigenvalue weighted by atomic mass is 9.85. The molecule has 1 saturated heterocycles. The quantitative estimate of drug-likeness (QED) is 0.313. The molecule has 1 saturated carbocycles. The molecule has 1 aromatic heterocycles. The van der Waals surface area contributed by atoms with Crippen LogP contribution in [0.25, 0.3) is 10.2 Å². The summed E-state index contributed by atoms with van der Waals surface area (Å²) in [6.45, 7) is 0. The molecule has 3 aliphatic rings. The number of benzene rings is 2. The van der Waals surface area contributed by atoms with Gasteiger partial charge in [-0.2, -0.15) is 0 Å². The van der Waals surface area contributed by atoms with Crippen molar-refractivity contribution >= 4 is 62.4 Å². The van der Waals surface area contributed by atoms with Crippen molar-refractivity contribution in [2.24, 2.45) is 23.7 Å². The van der Waals surface area contributed by atoms with E-state index in [1.54, 1.807) is 25.3 Å². The summed E-state index contributed by atoms with van der Waals surface area (Å²) in [4.78, 5) is 44.6. The molecule has 4 atom stereocenters. The molecule has 3 aromatic rings. The van der Waals surface area contributed by atoms with Crippen LogP contribution in [0.5, 0.6) is 5.75 Å². The summed E-state index contributed by atoms with van der Waals surface area (Å²) in [5.41, 5.74) is 2.01. The maximum Gasteiger partial charge on any atom is 0.238 e. The SMILES string of the molecule is COc1ccccc1NC(=O)CSc1nc2ccc(N3C(=O)[C@H]4[C@H](C3=O)[C@H]3C=C[C@H]4C3)cc2s1. The first-order chi connectivity index (χ1) is 16.5. The number of hydrogen-bond acceptors (Lipinski definition) is 7. The number of ether oxygens (including phenoxy) is 1. The standard InChI is InChI=1S/C25H21N3O4S2/c1-32-18-5-3-2-4-16(18)26-20(29)12-33-25-27-17-9-8-15(11-19(17)34-25)28-23(30)21-13-6-7-14(10-13)22(21)24(28)31/h2-9,11,13-14,21-22H,10,12H2,1H3,(H,26,29)/t13-,14-,21+,22+/m0/s1. The first-order valence-electron chi connectivity index (χ1n) is 11.1. The van der Waals surface area contributed by atoms with Gasteiger partial charge in [-0.3, -0.25) is 14.4 Å². The molecule has 0 radical (unpaired) electrons. The number of thiazole rings is 1. The van der Waals surface area contributed by atoms with E-state index < -0.39 is 0 Å². The van der Waals surface area contributed by atoms with Gasteiger partial charge in [0.2, 0.25) is 17.7 Å². The highest BCUT2D eigenvalue weighted by Crippen LogP contribution is 2.53. The van der Waals surface area contributed by atoms with Gasteiger partial charge in [0.1, 0.15) is 5.75 Å². The zero-order valence-electron chi connectivity index (χ0n) is 18.3. The molecule has 2 heterocycles. The minimum atomic E-state index is -0.215. The van der Waals surface area contributed by atoms with Crippen molar-refractivity contribution in [3.63, 3.8) is 0 Å². The molecule has 6 rings (SSSR count). The fourth-order valence-corrected chi connectivity index (χ4v) is 7.21. The highest BCUT2D eigenvalue weighted by atomic mass is 32.2. The Kier molecular flexibility index (Phi) is 5.18. The van der Waals surface area contributed by atoms with Crippen molar-refractivity contribution in [2.75, 3.05) is 23.1 Å². The first-order valence-corrected chi connectivity index (χ1v) is 12.9. The van der Waals surface area contributed by atoms with E-state index in [1.807, 2.05) is 24.3 Å². The predicted molar refractivity (Wildman–Crippen MR) is 132 cm³/mol. The molecule has 7 nitrogen and oxygen atoms in total. The molecule has 2 fully saturated rings. The molecule has 34 heavy (non-hydrogen) atoms. The molecular formula is C25H21N3O4S2. The van der Waals surface area contributed by atoms with E-state index in [0.717, 1.165) is 21.0 Å². The van der Waals surface area contributed by atoms with Crippen molar-refractivity contribution < 1.29 is 19.1 Å². The Labute approximate surface area is 204 Å². The van der Waals surface area contributed by atoms with Crippen LogP contribution in [0.3, 0.4) is 0 Å². The number of nitrogens with one attached hydrogen (secondary N) is 1. The number of carbonyl (C=O) groups is 3. The number of anilines is 2. The topological polar surface area (TPSA) is 88.6 Å². The van der Waals surface area contributed by atoms with Crippen LogP contribution >= 0.6 is 23.1 Å². The average molecular weight is 492 g/mol. The lowest BCUT2D eigenvalue weighted by molar-refractivity contribution is -0.123. The number of amides is 3. The number of imide groups is 1. The van der Waals surface area contributed by atoms with E-state index in [1.165, 1.54) is 28.0 Å². The van der Waals surface area contributed by atoms with Crippen LogP contribution in [0, 0.1) is 23.7 Å². The molecule has 1 aliphatic heterocycles. The Hall–Kier alpha value is -3.17. The molecule has 9 heteroatoms. The summed E-state index contributed by atoms with van der Waals surface area (Å²) >= 11 is 2.80. The molecule has 2 aliphatic carbocycles. The molecular weight excluding hydrogens is 470 g/mol. The van der Waals surface area contributed by atoms with Gasteiger partial charge in [0, 0.05) is 0 Å². The number of carbonyl (C=O) groups excluding carboxylic acids is 3. The van der Waals surface area contributed by atoms with Crippen molar-refractivity contribution in [2.45, 2.75) is 10.8 Å². The molecule has 0 spiro atoms. The van der Waals surface area contributed by atoms with E-state index in [4.69, 9.17) is 4.74 Å². The average Bonchev–Trinajstić information content (AvgIpc) is 3.60. The second-order valence-electron chi connectivity index (χ2n) is 8.68. The third-order valence-corrected chi connectivity index (χ3v) is 8.95. The second kappa shape index (κ2) is 8.25. The predicted octanol–water partition coefficient (Wildman–Crippen LogP) is 4.35. The van der Waals surface area contributed by atoms with Crippen LogP contribution in [-0.4, -0.2) is 35.6 Å². The number of nitrogens with zero attached hydrogens (tertiary/aromatic N) is 2. The van der Waals surface area contributed by atoms with Gasteiger partial charge in [0.05, 0.1) is 46.3 Å². The zero-order chi connectivity index (χ0) is 23.4. The van der Waals surface area contributed by atoms with Crippen LogP contribution in [0.2, 0.25) is 0 Å². The number of methoxy groups -OCH3 is 1. The van der Waals surface area contributed by atoms with Crippen LogP contribution in [-0.2, 0) is 14.4 Å². The smallest absolute Gasteiger partial charge is 0.238 e. The van der Waals surface area contributed by atoms with Gasteiger partial charge in [-0.1, -0.05) is 36.0 Å². The van der Waals surface area contributed by atoms with Gasteiger partial charge >= 0.3 is 0 Å².